The summed E-state index contributed by atoms with van der Waals surface area (Å²) in [6, 6.07) is 5.73. The first-order valence-electron chi connectivity index (χ1n) is 8.48. The van der Waals surface area contributed by atoms with E-state index in [4.69, 9.17) is 9.84 Å². The second kappa shape index (κ2) is 8.50. The Morgan fingerprint density at radius 2 is 1.96 bits per heavy atom. The van der Waals surface area contributed by atoms with Crippen molar-refractivity contribution in [1.29, 1.82) is 0 Å². The van der Waals surface area contributed by atoms with E-state index < -0.39 is 28.6 Å². The topological polar surface area (TPSA) is 104 Å². The molecule has 0 radical (unpaired) electrons. The molecule has 0 aromatic heterocycles. The van der Waals surface area contributed by atoms with Crippen LogP contribution in [-0.4, -0.2) is 61.7 Å². The van der Waals surface area contributed by atoms with E-state index in [2.05, 4.69) is 0 Å². The summed E-state index contributed by atoms with van der Waals surface area (Å²) in [5, 5.41) is 8.61. The Morgan fingerprint density at radius 3 is 2.54 bits per heavy atom. The maximum Gasteiger partial charge on any atom is 0.341 e. The smallest absolute Gasteiger partial charge is 0.341 e. The maximum atomic E-state index is 12.8. The zero-order valence-corrected chi connectivity index (χ0v) is 15.7. The number of sulfonamides is 1. The average Bonchev–Trinajstić information content (AvgIpc) is 3.10. The van der Waals surface area contributed by atoms with E-state index in [-0.39, 0.29) is 11.7 Å². The van der Waals surface area contributed by atoms with E-state index in [0.29, 0.717) is 37.2 Å². The van der Waals surface area contributed by atoms with Gasteiger partial charge in [-0.1, -0.05) is 6.92 Å². The predicted octanol–water partition coefficient (Wildman–Crippen LogP) is 1.32. The van der Waals surface area contributed by atoms with Crippen molar-refractivity contribution in [1.82, 2.24) is 4.31 Å². The molecule has 2 rings (SSSR count). The molecule has 1 heterocycles. The Morgan fingerprint density at radius 1 is 1.31 bits per heavy atom. The van der Waals surface area contributed by atoms with E-state index >= 15 is 0 Å². The zero-order valence-electron chi connectivity index (χ0n) is 14.9. The molecule has 1 unspecified atom stereocenters. The van der Waals surface area contributed by atoms with Crippen molar-refractivity contribution in [2.75, 3.05) is 30.9 Å². The number of carboxylic acids is 1. The molecule has 1 aromatic carbocycles. The number of hydrogen-bond donors (Lipinski definition) is 1. The highest BCUT2D eigenvalue weighted by molar-refractivity contribution is 7.89. The molecule has 144 valence electrons. The summed E-state index contributed by atoms with van der Waals surface area (Å²) < 4.78 is 31.1. The van der Waals surface area contributed by atoms with Crippen molar-refractivity contribution in [3.8, 4) is 5.75 Å². The van der Waals surface area contributed by atoms with Gasteiger partial charge in [0.2, 0.25) is 15.9 Å². The highest BCUT2D eigenvalue weighted by atomic mass is 32.2. The summed E-state index contributed by atoms with van der Waals surface area (Å²) in [4.78, 5) is 24.8. The summed E-state index contributed by atoms with van der Waals surface area (Å²) in [5.41, 5.74) is 0.581. The first kappa shape index (κ1) is 20.2. The Labute approximate surface area is 153 Å². The molecule has 1 N–H and O–H groups in total. The molecular weight excluding hydrogens is 360 g/mol. The van der Waals surface area contributed by atoms with Crippen LogP contribution in [0.5, 0.6) is 5.75 Å². The molecule has 1 saturated heterocycles. The standard InChI is InChI=1S/C17H24N2O6S/c1-3-11-26(23,24)19-10-4-5-15(19)17(22)18(2)13-6-8-14(9-7-13)25-12-16(20)21/h6-9,15H,3-5,10-12H2,1-2H3,(H,20,21). The molecule has 8 nitrogen and oxygen atoms in total. The number of amides is 1. The number of benzene rings is 1. The van der Waals surface area contributed by atoms with E-state index in [0.717, 1.165) is 0 Å². The molecule has 1 aliphatic rings. The molecule has 1 aliphatic heterocycles. The van der Waals surface area contributed by atoms with Gasteiger partial charge >= 0.3 is 5.97 Å². The Balaban J connectivity index is 2.09. The lowest BCUT2D eigenvalue weighted by molar-refractivity contribution is -0.139. The maximum absolute atomic E-state index is 12.8. The summed E-state index contributed by atoms with van der Waals surface area (Å²) in [6.45, 7) is 1.72. The number of hydrogen-bond acceptors (Lipinski definition) is 5. The summed E-state index contributed by atoms with van der Waals surface area (Å²) in [5.74, 6) is -0.932. The second-order valence-electron chi connectivity index (χ2n) is 6.16. The van der Waals surface area contributed by atoms with Crippen LogP contribution in [0.2, 0.25) is 0 Å². The van der Waals surface area contributed by atoms with Gasteiger partial charge in [0.05, 0.1) is 5.75 Å². The van der Waals surface area contributed by atoms with Gasteiger partial charge in [-0.25, -0.2) is 13.2 Å². The molecular formula is C17H24N2O6S. The summed E-state index contributed by atoms with van der Waals surface area (Å²) in [6.07, 6.45) is 1.68. The lowest BCUT2D eigenvalue weighted by Gasteiger charge is -2.27. The van der Waals surface area contributed by atoms with Gasteiger partial charge in [0.25, 0.3) is 0 Å². The van der Waals surface area contributed by atoms with Crippen LogP contribution >= 0.6 is 0 Å². The number of carbonyl (C=O) groups is 2. The van der Waals surface area contributed by atoms with Gasteiger partial charge in [-0.2, -0.15) is 4.31 Å². The number of anilines is 1. The van der Waals surface area contributed by atoms with Gasteiger partial charge in [-0.05, 0) is 43.5 Å². The van der Waals surface area contributed by atoms with Gasteiger partial charge in [0.1, 0.15) is 11.8 Å². The first-order valence-corrected chi connectivity index (χ1v) is 10.1. The van der Waals surface area contributed by atoms with Crippen molar-refractivity contribution < 1.29 is 27.9 Å². The molecule has 1 aromatic rings. The lowest BCUT2D eigenvalue weighted by Crippen LogP contribution is -2.47. The molecule has 26 heavy (non-hydrogen) atoms. The van der Waals surface area contributed by atoms with Crippen LogP contribution in [0.15, 0.2) is 24.3 Å². The third-order valence-electron chi connectivity index (χ3n) is 4.23. The van der Waals surface area contributed by atoms with Crippen LogP contribution in [0.3, 0.4) is 0 Å². The number of rotatable bonds is 8. The molecule has 1 fully saturated rings. The van der Waals surface area contributed by atoms with Crippen molar-refractivity contribution in [2.24, 2.45) is 0 Å². The fourth-order valence-corrected chi connectivity index (χ4v) is 4.70. The monoisotopic (exact) mass is 384 g/mol. The molecule has 0 aliphatic carbocycles. The number of likely N-dealkylation sites (N-methyl/N-ethyl adjacent to an activating group) is 1. The highest BCUT2D eigenvalue weighted by Gasteiger charge is 2.39. The first-order chi connectivity index (χ1) is 12.3. The van der Waals surface area contributed by atoms with E-state index in [1.54, 1.807) is 38.2 Å². The van der Waals surface area contributed by atoms with Crippen LogP contribution in [0.4, 0.5) is 5.69 Å². The van der Waals surface area contributed by atoms with E-state index in [9.17, 15) is 18.0 Å². The van der Waals surface area contributed by atoms with Crippen molar-refractivity contribution in [3.05, 3.63) is 24.3 Å². The number of carbonyl (C=O) groups excluding carboxylic acids is 1. The Hall–Kier alpha value is -2.13. The third-order valence-corrected chi connectivity index (χ3v) is 6.30. The zero-order chi connectivity index (χ0) is 19.3. The van der Waals surface area contributed by atoms with Crippen LogP contribution < -0.4 is 9.64 Å². The highest BCUT2D eigenvalue weighted by Crippen LogP contribution is 2.26. The van der Waals surface area contributed by atoms with Crippen molar-refractivity contribution in [2.45, 2.75) is 32.2 Å². The molecule has 0 saturated carbocycles. The van der Waals surface area contributed by atoms with Gasteiger partial charge < -0.3 is 14.7 Å². The van der Waals surface area contributed by atoms with E-state index in [1.165, 1.54) is 9.21 Å². The minimum absolute atomic E-state index is 0.0378. The van der Waals surface area contributed by atoms with E-state index in [1.807, 2.05) is 0 Å². The van der Waals surface area contributed by atoms with Crippen molar-refractivity contribution in [3.63, 3.8) is 0 Å². The predicted molar refractivity (Wildman–Crippen MR) is 96.8 cm³/mol. The van der Waals surface area contributed by atoms with Crippen LogP contribution in [0.25, 0.3) is 0 Å². The minimum Gasteiger partial charge on any atom is -0.482 e. The van der Waals surface area contributed by atoms with Gasteiger partial charge in [0, 0.05) is 19.3 Å². The summed E-state index contributed by atoms with van der Waals surface area (Å²) >= 11 is 0. The molecule has 1 amide bonds. The van der Waals surface area contributed by atoms with Crippen LogP contribution in [0, 0.1) is 0 Å². The molecule has 0 spiro atoms. The van der Waals surface area contributed by atoms with Gasteiger partial charge in [-0.3, -0.25) is 4.79 Å². The summed E-state index contributed by atoms with van der Waals surface area (Å²) in [7, 11) is -1.84. The van der Waals surface area contributed by atoms with Crippen LogP contribution in [0.1, 0.15) is 26.2 Å². The average molecular weight is 384 g/mol. The third kappa shape index (κ3) is 4.73. The normalized spacial score (nSPS) is 17.8. The van der Waals surface area contributed by atoms with Gasteiger partial charge in [-0.15, -0.1) is 0 Å². The molecule has 9 heteroatoms. The van der Waals surface area contributed by atoms with Gasteiger partial charge in [0.15, 0.2) is 6.61 Å². The van der Waals surface area contributed by atoms with Crippen molar-refractivity contribution >= 4 is 27.6 Å². The quantitative estimate of drug-likeness (QED) is 0.725. The fraction of sp³-hybridized carbons (Fsp3) is 0.529. The second-order valence-corrected chi connectivity index (χ2v) is 8.20. The SMILES string of the molecule is CCCS(=O)(=O)N1CCCC1C(=O)N(C)c1ccc(OCC(=O)O)cc1. The number of nitrogens with zero attached hydrogens (tertiary/aromatic N) is 2. The fourth-order valence-electron chi connectivity index (χ4n) is 2.96. The molecule has 0 bridgehead atoms. The number of carboxylic acid groups (broad SMARTS) is 1. The lowest BCUT2D eigenvalue weighted by atomic mass is 10.2. The minimum atomic E-state index is -3.43. The number of ether oxygens (including phenoxy) is 1. The Bertz CT molecular complexity index is 747. The Kier molecular flexibility index (Phi) is 6.60. The number of aliphatic carboxylic acids is 1. The largest absolute Gasteiger partial charge is 0.482 e. The molecule has 1 atom stereocenters. The van der Waals surface area contributed by atoms with Crippen LogP contribution in [-0.2, 0) is 19.6 Å².